The van der Waals surface area contributed by atoms with Gasteiger partial charge >= 0.3 is 0 Å². The van der Waals surface area contributed by atoms with Crippen molar-refractivity contribution in [2.45, 2.75) is 11.6 Å². The minimum Gasteiger partial charge on any atom is -0.496 e. The monoisotopic (exact) mass is 301 g/mol. The number of rotatable bonds is 5. The maximum Gasteiger partial charge on any atom is 0.161 e. The molecule has 0 amide bonds. The number of benzene rings is 1. The number of nitrogens with one attached hydrogen (secondary N) is 2. The fourth-order valence-corrected chi connectivity index (χ4v) is 2.68. The van der Waals surface area contributed by atoms with E-state index in [1.54, 1.807) is 18.9 Å². The van der Waals surface area contributed by atoms with Gasteiger partial charge in [0.15, 0.2) is 5.65 Å². The quantitative estimate of drug-likeness (QED) is 0.706. The first-order valence-corrected chi connectivity index (χ1v) is 7.64. The summed E-state index contributed by atoms with van der Waals surface area (Å²) in [6.07, 6.45) is 3.50. The molecule has 3 aromatic rings. The predicted molar refractivity (Wildman–Crippen MR) is 83.8 cm³/mol. The molecule has 2 heterocycles. The van der Waals surface area contributed by atoms with E-state index in [9.17, 15) is 0 Å². The lowest BCUT2D eigenvalue weighted by Crippen LogP contribution is -2.04. The Bertz CT molecular complexity index is 758. The summed E-state index contributed by atoms with van der Waals surface area (Å²) in [4.78, 5) is 8.51. The van der Waals surface area contributed by atoms with Gasteiger partial charge in [0, 0.05) is 12.1 Å². The first-order valence-electron chi connectivity index (χ1n) is 6.42. The summed E-state index contributed by atoms with van der Waals surface area (Å²) in [6, 6.07) is 7.90. The maximum atomic E-state index is 5.36. The van der Waals surface area contributed by atoms with Crippen LogP contribution in [0.2, 0.25) is 0 Å². The molecule has 3 rings (SSSR count). The van der Waals surface area contributed by atoms with Crippen LogP contribution in [0.3, 0.4) is 0 Å². The molecule has 0 aliphatic heterocycles. The van der Waals surface area contributed by atoms with Crippen molar-refractivity contribution in [1.82, 2.24) is 20.2 Å². The van der Waals surface area contributed by atoms with Gasteiger partial charge in [0.25, 0.3) is 0 Å². The average molecular weight is 301 g/mol. The van der Waals surface area contributed by atoms with E-state index in [0.29, 0.717) is 6.54 Å². The van der Waals surface area contributed by atoms with Crippen LogP contribution in [0.5, 0.6) is 5.75 Å². The van der Waals surface area contributed by atoms with Crippen molar-refractivity contribution in [2.75, 3.05) is 18.7 Å². The Morgan fingerprint density at radius 2 is 2.14 bits per heavy atom. The van der Waals surface area contributed by atoms with Crippen LogP contribution in [0, 0.1) is 0 Å². The number of para-hydroxylation sites is 1. The van der Waals surface area contributed by atoms with E-state index in [1.165, 1.54) is 6.33 Å². The van der Waals surface area contributed by atoms with Crippen molar-refractivity contribution in [3.05, 3.63) is 36.2 Å². The third kappa shape index (κ3) is 2.64. The molecule has 0 atom stereocenters. The van der Waals surface area contributed by atoms with Crippen LogP contribution in [0.25, 0.3) is 11.0 Å². The Kier molecular flexibility index (Phi) is 3.92. The number of nitrogens with zero attached hydrogens (tertiary/aromatic N) is 3. The van der Waals surface area contributed by atoms with Gasteiger partial charge in [-0.3, -0.25) is 5.10 Å². The van der Waals surface area contributed by atoms with E-state index in [2.05, 4.69) is 25.5 Å². The summed E-state index contributed by atoms with van der Waals surface area (Å²) in [7, 11) is 1.67. The molecule has 2 N–H and O–H groups in total. The lowest BCUT2D eigenvalue weighted by atomic mass is 10.2. The maximum absolute atomic E-state index is 5.36. The summed E-state index contributed by atoms with van der Waals surface area (Å²) in [5, 5.41) is 12.3. The summed E-state index contributed by atoms with van der Waals surface area (Å²) in [5.74, 6) is 1.62. The van der Waals surface area contributed by atoms with Gasteiger partial charge in [-0.15, -0.1) is 11.8 Å². The van der Waals surface area contributed by atoms with E-state index in [1.807, 2.05) is 30.5 Å². The molecule has 108 valence electrons. The largest absolute Gasteiger partial charge is 0.496 e. The molecule has 0 saturated carbocycles. The van der Waals surface area contributed by atoms with Crippen LogP contribution in [0.1, 0.15) is 5.56 Å². The van der Waals surface area contributed by atoms with Crippen molar-refractivity contribution in [1.29, 1.82) is 0 Å². The summed E-state index contributed by atoms with van der Waals surface area (Å²) < 4.78 is 5.36. The summed E-state index contributed by atoms with van der Waals surface area (Å²) in [6.45, 7) is 0.620. The third-order valence-electron chi connectivity index (χ3n) is 3.16. The zero-order valence-electron chi connectivity index (χ0n) is 11.8. The highest BCUT2D eigenvalue weighted by atomic mass is 32.2. The Labute approximate surface area is 126 Å². The van der Waals surface area contributed by atoms with Gasteiger partial charge in [0.1, 0.15) is 22.9 Å². The van der Waals surface area contributed by atoms with Crippen LogP contribution in [-0.2, 0) is 6.54 Å². The second-order valence-corrected chi connectivity index (χ2v) is 5.14. The number of H-pyrrole nitrogens is 1. The zero-order valence-corrected chi connectivity index (χ0v) is 12.6. The Hall–Kier alpha value is -2.28. The van der Waals surface area contributed by atoms with Crippen LogP contribution in [0.4, 0.5) is 5.82 Å². The first kappa shape index (κ1) is 13.7. The predicted octanol–water partition coefficient (Wildman–Crippen LogP) is 2.70. The van der Waals surface area contributed by atoms with Crippen molar-refractivity contribution in [2.24, 2.45) is 0 Å². The molecule has 0 unspecified atom stereocenters. The van der Waals surface area contributed by atoms with Crippen molar-refractivity contribution >= 4 is 28.6 Å². The minimum absolute atomic E-state index is 0.620. The second kappa shape index (κ2) is 6.01. The molecule has 2 aromatic heterocycles. The molecule has 1 aromatic carbocycles. The van der Waals surface area contributed by atoms with Crippen LogP contribution in [-0.4, -0.2) is 33.5 Å². The Balaban J connectivity index is 1.90. The van der Waals surface area contributed by atoms with Gasteiger partial charge in [0.05, 0.1) is 12.5 Å². The molecular weight excluding hydrogens is 286 g/mol. The molecule has 7 heteroatoms. The average Bonchev–Trinajstić information content (AvgIpc) is 2.97. The van der Waals surface area contributed by atoms with E-state index >= 15 is 0 Å². The number of fused-ring (bicyclic) bond motifs is 1. The number of thioether (sulfide) groups is 1. The molecule has 0 spiro atoms. The highest BCUT2D eigenvalue weighted by molar-refractivity contribution is 7.98. The number of aromatic amines is 1. The first-order chi connectivity index (χ1) is 10.3. The molecule has 0 fully saturated rings. The molecular formula is C14H15N5OS. The van der Waals surface area contributed by atoms with E-state index in [0.717, 1.165) is 33.2 Å². The lowest BCUT2D eigenvalue weighted by Gasteiger charge is -2.10. The van der Waals surface area contributed by atoms with Gasteiger partial charge in [0.2, 0.25) is 0 Å². The second-order valence-electron chi connectivity index (χ2n) is 4.34. The highest BCUT2D eigenvalue weighted by Gasteiger charge is 2.12. The van der Waals surface area contributed by atoms with Crippen molar-refractivity contribution < 1.29 is 4.74 Å². The Morgan fingerprint density at radius 1 is 1.29 bits per heavy atom. The van der Waals surface area contributed by atoms with Crippen LogP contribution >= 0.6 is 11.8 Å². The SMILES string of the molecule is COc1ccccc1CNc1ncnc2[nH]nc(SC)c12. The van der Waals surface area contributed by atoms with Crippen molar-refractivity contribution in [3.63, 3.8) is 0 Å². The van der Waals surface area contributed by atoms with Crippen LogP contribution in [0.15, 0.2) is 35.6 Å². The molecule has 0 aliphatic rings. The van der Waals surface area contributed by atoms with Crippen molar-refractivity contribution in [3.8, 4) is 5.75 Å². The van der Waals surface area contributed by atoms with Gasteiger partial charge in [-0.25, -0.2) is 9.97 Å². The number of hydrogen-bond donors (Lipinski definition) is 2. The standard InChI is InChI=1S/C14H15N5OS/c1-20-10-6-4-3-5-9(10)7-15-12-11-13(17-8-16-12)18-19-14(11)21-2/h3-6,8H,7H2,1-2H3,(H2,15,16,17,18,19). The number of methoxy groups -OCH3 is 1. The van der Waals surface area contributed by atoms with Gasteiger partial charge < -0.3 is 10.1 Å². The summed E-state index contributed by atoms with van der Waals surface area (Å²) >= 11 is 1.56. The smallest absolute Gasteiger partial charge is 0.161 e. The zero-order chi connectivity index (χ0) is 14.7. The van der Waals surface area contributed by atoms with Gasteiger partial charge in [-0.05, 0) is 12.3 Å². The molecule has 0 radical (unpaired) electrons. The number of anilines is 1. The van der Waals surface area contributed by atoms with E-state index < -0.39 is 0 Å². The normalized spacial score (nSPS) is 10.8. The Morgan fingerprint density at radius 3 is 2.95 bits per heavy atom. The fraction of sp³-hybridized carbons (Fsp3) is 0.214. The highest BCUT2D eigenvalue weighted by Crippen LogP contribution is 2.28. The van der Waals surface area contributed by atoms with Gasteiger partial charge in [-0.1, -0.05) is 18.2 Å². The number of hydrogen-bond acceptors (Lipinski definition) is 6. The lowest BCUT2D eigenvalue weighted by molar-refractivity contribution is 0.410. The minimum atomic E-state index is 0.620. The molecule has 0 bridgehead atoms. The molecule has 21 heavy (non-hydrogen) atoms. The fourth-order valence-electron chi connectivity index (χ4n) is 2.14. The number of aromatic nitrogens is 4. The molecule has 0 saturated heterocycles. The van der Waals surface area contributed by atoms with Gasteiger partial charge in [-0.2, -0.15) is 5.10 Å². The van der Waals surface area contributed by atoms with E-state index in [-0.39, 0.29) is 0 Å². The third-order valence-corrected chi connectivity index (χ3v) is 3.84. The molecule has 0 aliphatic carbocycles. The van der Waals surface area contributed by atoms with E-state index in [4.69, 9.17) is 4.74 Å². The number of ether oxygens (including phenoxy) is 1. The molecule has 6 nitrogen and oxygen atoms in total. The topological polar surface area (TPSA) is 75.7 Å². The van der Waals surface area contributed by atoms with Crippen LogP contribution < -0.4 is 10.1 Å². The summed E-state index contributed by atoms with van der Waals surface area (Å²) in [5.41, 5.74) is 1.80.